The number of ether oxygens (including phenoxy) is 2. The first-order chi connectivity index (χ1) is 6.49. The van der Waals surface area contributed by atoms with E-state index in [4.69, 9.17) is 9.47 Å². The summed E-state index contributed by atoms with van der Waals surface area (Å²) < 4.78 is 32.6. The van der Waals surface area contributed by atoms with Gasteiger partial charge in [0.2, 0.25) is 0 Å². The van der Waals surface area contributed by atoms with E-state index in [1.54, 1.807) is 12.1 Å². The van der Waals surface area contributed by atoms with E-state index in [9.17, 15) is 8.42 Å². The summed E-state index contributed by atoms with van der Waals surface area (Å²) in [6, 6.07) is 4.65. The summed E-state index contributed by atoms with van der Waals surface area (Å²) >= 11 is 0. The van der Waals surface area contributed by atoms with Crippen molar-refractivity contribution in [3.63, 3.8) is 0 Å². The predicted octanol–water partition coefficient (Wildman–Crippen LogP) is 1.11. The lowest BCUT2D eigenvalue weighted by Gasteiger charge is -2.08. The summed E-state index contributed by atoms with van der Waals surface area (Å²) in [5, 5.41) is 0. The molecule has 0 unspecified atom stereocenters. The number of hydrogen-bond acceptors (Lipinski definition) is 4. The van der Waals surface area contributed by atoms with Crippen LogP contribution < -0.4 is 9.47 Å². The van der Waals surface area contributed by atoms with Gasteiger partial charge < -0.3 is 9.47 Å². The number of rotatable bonds is 3. The minimum atomic E-state index is -3.28. The molecular formula is C9H12O4S. The Labute approximate surface area is 83.4 Å². The van der Waals surface area contributed by atoms with E-state index in [0.717, 1.165) is 6.26 Å². The maximum atomic E-state index is 11.3. The predicted molar refractivity (Wildman–Crippen MR) is 52.7 cm³/mol. The van der Waals surface area contributed by atoms with Crippen molar-refractivity contribution in [3.8, 4) is 11.5 Å². The molecule has 0 heterocycles. The quantitative estimate of drug-likeness (QED) is 0.759. The van der Waals surface area contributed by atoms with E-state index in [1.165, 1.54) is 20.3 Å². The molecule has 0 aromatic heterocycles. The number of benzene rings is 1. The molecule has 1 rings (SSSR count). The molecule has 1 aromatic rings. The van der Waals surface area contributed by atoms with Crippen LogP contribution in [0.3, 0.4) is 0 Å². The van der Waals surface area contributed by atoms with Crippen molar-refractivity contribution in [2.24, 2.45) is 0 Å². The summed E-state index contributed by atoms with van der Waals surface area (Å²) in [7, 11) is -0.376. The van der Waals surface area contributed by atoms with Gasteiger partial charge in [-0.15, -0.1) is 0 Å². The van der Waals surface area contributed by atoms with Crippen molar-refractivity contribution in [1.82, 2.24) is 0 Å². The molecule has 0 bridgehead atoms. The van der Waals surface area contributed by atoms with Crippen LogP contribution in [0.25, 0.3) is 0 Å². The van der Waals surface area contributed by atoms with Gasteiger partial charge in [0.15, 0.2) is 9.84 Å². The van der Waals surface area contributed by atoms with E-state index < -0.39 is 9.84 Å². The lowest BCUT2D eigenvalue weighted by molar-refractivity contribution is 0.392. The van der Waals surface area contributed by atoms with Crippen LogP contribution >= 0.6 is 0 Å². The van der Waals surface area contributed by atoms with Crippen LogP contribution in [0.1, 0.15) is 0 Å². The zero-order chi connectivity index (χ0) is 10.8. The third-order valence-corrected chi connectivity index (χ3v) is 2.89. The Hall–Kier alpha value is -1.23. The van der Waals surface area contributed by atoms with E-state index in [1.807, 2.05) is 0 Å². The maximum absolute atomic E-state index is 11.3. The van der Waals surface area contributed by atoms with Gasteiger partial charge in [-0.3, -0.25) is 0 Å². The van der Waals surface area contributed by atoms with Crippen molar-refractivity contribution in [3.05, 3.63) is 18.2 Å². The summed E-state index contributed by atoms with van der Waals surface area (Å²) in [5.41, 5.74) is 0. The molecule has 0 saturated heterocycles. The first-order valence-corrected chi connectivity index (χ1v) is 5.80. The molecule has 0 N–H and O–H groups in total. The highest BCUT2D eigenvalue weighted by Crippen LogP contribution is 2.27. The van der Waals surface area contributed by atoms with Crippen LogP contribution in [0.5, 0.6) is 11.5 Å². The van der Waals surface area contributed by atoms with Gasteiger partial charge in [-0.1, -0.05) is 0 Å². The summed E-state index contributed by atoms with van der Waals surface area (Å²) in [6.07, 6.45) is 1.13. The highest BCUT2D eigenvalue weighted by molar-refractivity contribution is 7.90. The van der Waals surface area contributed by atoms with E-state index in [2.05, 4.69) is 0 Å². The van der Waals surface area contributed by atoms with E-state index >= 15 is 0 Å². The molecule has 0 aliphatic carbocycles. The Balaban J connectivity index is 3.37. The van der Waals surface area contributed by atoms with Crippen molar-refractivity contribution in [2.75, 3.05) is 20.5 Å². The van der Waals surface area contributed by atoms with Crippen LogP contribution in [-0.4, -0.2) is 28.9 Å². The van der Waals surface area contributed by atoms with Gasteiger partial charge in [-0.25, -0.2) is 8.42 Å². The second-order valence-corrected chi connectivity index (χ2v) is 4.77. The molecule has 14 heavy (non-hydrogen) atoms. The monoisotopic (exact) mass is 216 g/mol. The molecule has 5 heteroatoms. The lowest BCUT2D eigenvalue weighted by Crippen LogP contribution is -2.01. The number of methoxy groups -OCH3 is 2. The average molecular weight is 216 g/mol. The van der Waals surface area contributed by atoms with Gasteiger partial charge in [0.05, 0.1) is 14.2 Å². The highest BCUT2D eigenvalue weighted by Gasteiger charge is 2.14. The highest BCUT2D eigenvalue weighted by atomic mass is 32.2. The average Bonchev–Trinajstić information content (AvgIpc) is 2.15. The van der Waals surface area contributed by atoms with Crippen LogP contribution in [0.4, 0.5) is 0 Å². The van der Waals surface area contributed by atoms with Crippen molar-refractivity contribution in [1.29, 1.82) is 0 Å². The minimum Gasteiger partial charge on any atom is -0.497 e. The van der Waals surface area contributed by atoms with Crippen molar-refractivity contribution in [2.45, 2.75) is 4.90 Å². The fourth-order valence-corrected chi connectivity index (χ4v) is 1.92. The van der Waals surface area contributed by atoms with E-state index in [-0.39, 0.29) is 4.90 Å². The Morgan fingerprint density at radius 1 is 1.14 bits per heavy atom. The van der Waals surface area contributed by atoms with Gasteiger partial charge in [-0.05, 0) is 12.1 Å². The van der Waals surface area contributed by atoms with Crippen LogP contribution in [0.2, 0.25) is 0 Å². The standard InChI is InChI=1S/C9H12O4S/c1-12-7-4-5-8(13-2)9(6-7)14(3,10)11/h4-6H,1-3H3. The lowest BCUT2D eigenvalue weighted by atomic mass is 10.3. The third kappa shape index (κ3) is 2.17. The summed E-state index contributed by atoms with van der Waals surface area (Å²) in [6.45, 7) is 0. The smallest absolute Gasteiger partial charge is 0.179 e. The van der Waals surface area contributed by atoms with Gasteiger partial charge in [0.1, 0.15) is 16.4 Å². The molecule has 0 radical (unpaired) electrons. The largest absolute Gasteiger partial charge is 0.497 e. The molecule has 4 nitrogen and oxygen atoms in total. The van der Waals surface area contributed by atoms with Crippen LogP contribution in [0, 0.1) is 0 Å². The Kier molecular flexibility index (Phi) is 3.00. The van der Waals surface area contributed by atoms with Crippen molar-refractivity contribution >= 4 is 9.84 Å². The maximum Gasteiger partial charge on any atom is 0.179 e. The number of sulfone groups is 1. The Bertz CT molecular complexity index is 422. The zero-order valence-corrected chi connectivity index (χ0v) is 9.09. The molecule has 78 valence electrons. The molecule has 0 atom stereocenters. The number of hydrogen-bond donors (Lipinski definition) is 0. The Morgan fingerprint density at radius 2 is 1.79 bits per heavy atom. The van der Waals surface area contributed by atoms with E-state index in [0.29, 0.717) is 11.5 Å². The molecule has 0 aliphatic heterocycles. The Morgan fingerprint density at radius 3 is 2.21 bits per heavy atom. The molecule has 1 aromatic carbocycles. The van der Waals surface area contributed by atoms with Gasteiger partial charge in [-0.2, -0.15) is 0 Å². The summed E-state index contributed by atoms with van der Waals surface area (Å²) in [5.74, 6) is 0.819. The van der Waals surface area contributed by atoms with Crippen molar-refractivity contribution < 1.29 is 17.9 Å². The first kappa shape index (κ1) is 10.8. The molecule has 0 spiro atoms. The zero-order valence-electron chi connectivity index (χ0n) is 8.27. The third-order valence-electron chi connectivity index (χ3n) is 1.77. The second-order valence-electron chi connectivity index (χ2n) is 2.79. The normalized spacial score (nSPS) is 11.1. The SMILES string of the molecule is COc1ccc(OC)c(S(C)(=O)=O)c1. The molecular weight excluding hydrogens is 204 g/mol. The van der Waals surface area contributed by atoms with Crippen LogP contribution in [0.15, 0.2) is 23.1 Å². The van der Waals surface area contributed by atoms with Gasteiger partial charge >= 0.3 is 0 Å². The van der Waals surface area contributed by atoms with Gasteiger partial charge in [0.25, 0.3) is 0 Å². The fourth-order valence-electron chi connectivity index (χ4n) is 1.07. The first-order valence-electron chi connectivity index (χ1n) is 3.91. The topological polar surface area (TPSA) is 52.6 Å². The molecule has 0 amide bonds. The second kappa shape index (κ2) is 3.88. The van der Waals surface area contributed by atoms with Gasteiger partial charge in [0, 0.05) is 12.3 Å². The molecule has 0 aliphatic rings. The summed E-state index contributed by atoms with van der Waals surface area (Å²) in [4.78, 5) is 0.138. The van der Waals surface area contributed by atoms with Crippen LogP contribution in [-0.2, 0) is 9.84 Å². The minimum absolute atomic E-state index is 0.138. The fraction of sp³-hybridized carbons (Fsp3) is 0.333. The molecule has 0 fully saturated rings. The molecule has 0 saturated carbocycles.